The largest absolute Gasteiger partial charge is 0.291 e. The van der Waals surface area contributed by atoms with Gasteiger partial charge in [-0.05, 0) is 18.6 Å². The summed E-state index contributed by atoms with van der Waals surface area (Å²) < 4.78 is 0. The van der Waals surface area contributed by atoms with E-state index in [1.54, 1.807) is 11.9 Å². The van der Waals surface area contributed by atoms with Gasteiger partial charge in [-0.2, -0.15) is 0 Å². The number of aryl methyl sites for hydroxylation is 1. The van der Waals surface area contributed by atoms with Gasteiger partial charge in [0.25, 0.3) is 0 Å². The summed E-state index contributed by atoms with van der Waals surface area (Å²) in [6, 6.07) is 14.1. The summed E-state index contributed by atoms with van der Waals surface area (Å²) >= 11 is 2.91. The molecule has 0 aliphatic rings. The summed E-state index contributed by atoms with van der Waals surface area (Å²) in [7, 11) is 1.76. The quantitative estimate of drug-likeness (QED) is 0.641. The Morgan fingerprint density at radius 1 is 1.17 bits per heavy atom. The summed E-state index contributed by atoms with van der Waals surface area (Å²) in [5.41, 5.74) is 3.14. The van der Waals surface area contributed by atoms with Crippen molar-refractivity contribution in [2.24, 2.45) is 0 Å². The molecular weight excluding hydrogens is 338 g/mol. The molecule has 0 radical (unpaired) electrons. The Hall–Kier alpha value is -2.18. The number of hydrogen-bond donors (Lipinski definition) is 0. The monoisotopic (exact) mass is 355 g/mol. The molecular formula is C18H17N3OS2. The Labute approximate surface area is 149 Å². The molecule has 0 unspecified atom stereocenters. The number of rotatable bonds is 5. The average Bonchev–Trinajstić information content (AvgIpc) is 3.06. The molecule has 0 aliphatic carbocycles. The van der Waals surface area contributed by atoms with Crippen LogP contribution in [0.1, 0.15) is 5.69 Å². The highest BCUT2D eigenvalue weighted by Crippen LogP contribution is 2.23. The molecule has 1 amide bonds. The highest BCUT2D eigenvalue weighted by molar-refractivity contribution is 7.99. The number of aromatic nitrogens is 2. The normalized spacial score (nSPS) is 10.6. The van der Waals surface area contributed by atoms with E-state index in [4.69, 9.17) is 0 Å². The zero-order valence-electron chi connectivity index (χ0n) is 13.5. The van der Waals surface area contributed by atoms with E-state index >= 15 is 0 Å². The molecule has 0 bridgehead atoms. The zero-order chi connectivity index (χ0) is 16.9. The molecule has 3 rings (SSSR count). The maximum Gasteiger partial charge on any atom is 0.238 e. The lowest BCUT2D eigenvalue weighted by atomic mass is 10.1. The number of amides is 1. The smallest absolute Gasteiger partial charge is 0.238 e. The summed E-state index contributed by atoms with van der Waals surface area (Å²) in [5.74, 6) is 0.357. The predicted octanol–water partition coefficient (Wildman–Crippen LogP) is 4.27. The molecule has 0 aliphatic heterocycles. The third kappa shape index (κ3) is 4.01. The van der Waals surface area contributed by atoms with Crippen LogP contribution < -0.4 is 4.90 Å². The second-order valence-corrected chi connectivity index (χ2v) is 7.10. The highest BCUT2D eigenvalue weighted by atomic mass is 32.2. The Bertz CT molecular complexity index is 816. The maximum absolute atomic E-state index is 12.3. The first-order valence-corrected chi connectivity index (χ1v) is 9.33. The number of benzene rings is 1. The van der Waals surface area contributed by atoms with Crippen molar-refractivity contribution in [2.75, 3.05) is 17.7 Å². The van der Waals surface area contributed by atoms with E-state index in [9.17, 15) is 4.79 Å². The lowest BCUT2D eigenvalue weighted by molar-refractivity contribution is -0.115. The molecule has 0 N–H and O–H groups in total. The van der Waals surface area contributed by atoms with Crippen molar-refractivity contribution in [3.63, 3.8) is 0 Å². The van der Waals surface area contributed by atoms with E-state index in [2.05, 4.69) is 22.1 Å². The first-order chi connectivity index (χ1) is 11.6. The SMILES string of the molecule is Cc1csc(N(C)C(=O)CSc2ccc(-c3ccccc3)cn2)n1. The number of anilines is 1. The van der Waals surface area contributed by atoms with E-state index in [0.29, 0.717) is 5.75 Å². The molecule has 0 fully saturated rings. The number of thiazole rings is 1. The molecule has 1 aromatic carbocycles. The predicted molar refractivity (Wildman–Crippen MR) is 101 cm³/mol. The minimum atomic E-state index is 0.0169. The van der Waals surface area contributed by atoms with Crippen molar-refractivity contribution in [3.8, 4) is 11.1 Å². The van der Waals surface area contributed by atoms with Crippen LogP contribution in [0.25, 0.3) is 11.1 Å². The van der Waals surface area contributed by atoms with Crippen LogP contribution in [0.5, 0.6) is 0 Å². The van der Waals surface area contributed by atoms with E-state index in [1.165, 1.54) is 23.1 Å². The van der Waals surface area contributed by atoms with Crippen molar-refractivity contribution < 1.29 is 4.79 Å². The van der Waals surface area contributed by atoms with Gasteiger partial charge < -0.3 is 0 Å². The topological polar surface area (TPSA) is 46.1 Å². The average molecular weight is 355 g/mol. The minimum absolute atomic E-state index is 0.0169. The molecule has 0 atom stereocenters. The van der Waals surface area contributed by atoms with Crippen LogP contribution >= 0.6 is 23.1 Å². The van der Waals surface area contributed by atoms with E-state index in [0.717, 1.165) is 27.0 Å². The van der Waals surface area contributed by atoms with Crippen LogP contribution in [0.4, 0.5) is 5.13 Å². The molecule has 2 aromatic heterocycles. The number of hydrogen-bond acceptors (Lipinski definition) is 5. The van der Waals surface area contributed by atoms with E-state index in [1.807, 2.05) is 48.8 Å². The second-order valence-electron chi connectivity index (χ2n) is 5.26. The maximum atomic E-state index is 12.3. The molecule has 0 spiro atoms. The van der Waals surface area contributed by atoms with Crippen molar-refractivity contribution in [1.29, 1.82) is 0 Å². The molecule has 0 saturated heterocycles. The van der Waals surface area contributed by atoms with Crippen LogP contribution in [0.3, 0.4) is 0 Å². The van der Waals surface area contributed by atoms with Crippen molar-refractivity contribution >= 4 is 34.1 Å². The first-order valence-electron chi connectivity index (χ1n) is 7.46. The lowest BCUT2D eigenvalue weighted by Crippen LogP contribution is -2.27. The Morgan fingerprint density at radius 3 is 2.58 bits per heavy atom. The number of pyridine rings is 1. The van der Waals surface area contributed by atoms with Gasteiger partial charge in [-0.15, -0.1) is 11.3 Å². The third-order valence-electron chi connectivity index (χ3n) is 3.45. The van der Waals surface area contributed by atoms with Gasteiger partial charge in [0.05, 0.1) is 16.5 Å². The van der Waals surface area contributed by atoms with Crippen LogP contribution in [-0.2, 0) is 4.79 Å². The van der Waals surface area contributed by atoms with Gasteiger partial charge in [-0.3, -0.25) is 9.69 Å². The molecule has 6 heteroatoms. The van der Waals surface area contributed by atoms with Crippen LogP contribution in [0.15, 0.2) is 59.1 Å². The first kappa shape index (κ1) is 16.7. The second kappa shape index (κ2) is 7.59. The molecule has 0 saturated carbocycles. The van der Waals surface area contributed by atoms with Gasteiger partial charge in [0.1, 0.15) is 0 Å². The van der Waals surface area contributed by atoms with Gasteiger partial charge in [-0.25, -0.2) is 9.97 Å². The summed E-state index contributed by atoms with van der Waals surface area (Å²) in [5, 5.41) is 3.51. The highest BCUT2D eigenvalue weighted by Gasteiger charge is 2.14. The summed E-state index contributed by atoms with van der Waals surface area (Å²) in [6.07, 6.45) is 1.84. The van der Waals surface area contributed by atoms with E-state index < -0.39 is 0 Å². The molecule has 2 heterocycles. The fourth-order valence-electron chi connectivity index (χ4n) is 2.10. The van der Waals surface area contributed by atoms with Gasteiger partial charge in [0.2, 0.25) is 5.91 Å². The van der Waals surface area contributed by atoms with Gasteiger partial charge in [-0.1, -0.05) is 48.2 Å². The fourth-order valence-corrected chi connectivity index (χ4v) is 3.64. The number of carbonyl (C=O) groups is 1. The molecule has 3 aromatic rings. The Morgan fingerprint density at radius 2 is 1.96 bits per heavy atom. The third-order valence-corrected chi connectivity index (χ3v) is 5.42. The Balaban J connectivity index is 1.59. The van der Waals surface area contributed by atoms with E-state index in [-0.39, 0.29) is 5.91 Å². The fraction of sp³-hybridized carbons (Fsp3) is 0.167. The summed E-state index contributed by atoms with van der Waals surface area (Å²) in [6.45, 7) is 1.92. The molecule has 24 heavy (non-hydrogen) atoms. The number of nitrogens with zero attached hydrogens (tertiary/aromatic N) is 3. The van der Waals surface area contributed by atoms with Crippen molar-refractivity contribution in [1.82, 2.24) is 9.97 Å². The zero-order valence-corrected chi connectivity index (χ0v) is 15.1. The molecule has 122 valence electrons. The van der Waals surface area contributed by atoms with Crippen LogP contribution in [-0.4, -0.2) is 28.7 Å². The molecule has 4 nitrogen and oxygen atoms in total. The number of carbonyl (C=O) groups excluding carboxylic acids is 1. The van der Waals surface area contributed by atoms with Gasteiger partial charge in [0.15, 0.2) is 5.13 Å². The number of thioether (sulfide) groups is 1. The standard InChI is InChI=1S/C18H17N3OS2/c1-13-11-24-18(20-13)21(2)17(22)12-23-16-9-8-15(10-19-16)14-6-4-3-5-7-14/h3-11H,12H2,1-2H3. The van der Waals surface area contributed by atoms with Gasteiger partial charge >= 0.3 is 0 Å². The van der Waals surface area contributed by atoms with Crippen LogP contribution in [0, 0.1) is 6.92 Å². The van der Waals surface area contributed by atoms with Crippen LogP contribution in [0.2, 0.25) is 0 Å². The van der Waals surface area contributed by atoms with Gasteiger partial charge in [0, 0.05) is 24.2 Å². The lowest BCUT2D eigenvalue weighted by Gasteiger charge is -2.13. The van der Waals surface area contributed by atoms with Crippen molar-refractivity contribution in [3.05, 3.63) is 59.7 Å². The minimum Gasteiger partial charge on any atom is -0.291 e. The summed E-state index contributed by atoms with van der Waals surface area (Å²) in [4.78, 5) is 22.6. The van der Waals surface area contributed by atoms with Crippen molar-refractivity contribution in [2.45, 2.75) is 11.9 Å². The Kier molecular flexibility index (Phi) is 5.27.